The highest BCUT2D eigenvalue weighted by Gasteiger charge is 2.51. The smallest absolute Gasteiger partial charge is 0.121 e. The highest BCUT2D eigenvalue weighted by atomic mass is 16.5. The Morgan fingerprint density at radius 2 is 1.07 bits per heavy atom. The molecule has 4 aromatic carbocycles. The van der Waals surface area contributed by atoms with Gasteiger partial charge in [0.25, 0.3) is 0 Å². The van der Waals surface area contributed by atoms with E-state index in [2.05, 4.69) is 126 Å². The highest BCUT2D eigenvalue weighted by molar-refractivity contribution is 5.59. The molecule has 2 nitrogen and oxygen atoms in total. The summed E-state index contributed by atoms with van der Waals surface area (Å²) >= 11 is 0. The number of hydrogen-bond acceptors (Lipinski definition) is 2. The molecule has 0 bridgehead atoms. The Balaban J connectivity index is 1.83. The zero-order chi connectivity index (χ0) is 20.2. The van der Waals surface area contributed by atoms with Crippen LogP contribution in [0.1, 0.15) is 22.8 Å². The Labute approximate surface area is 178 Å². The van der Waals surface area contributed by atoms with Crippen LogP contribution < -0.4 is 4.90 Å². The van der Waals surface area contributed by atoms with Gasteiger partial charge in [-0.1, -0.05) is 109 Å². The van der Waals surface area contributed by atoms with Crippen molar-refractivity contribution in [3.05, 3.63) is 138 Å². The molecule has 1 saturated heterocycles. The molecule has 0 aromatic heterocycles. The van der Waals surface area contributed by atoms with Gasteiger partial charge in [-0.3, -0.25) is 0 Å². The minimum atomic E-state index is -0.483. The maximum atomic E-state index is 6.60. The zero-order valence-corrected chi connectivity index (χ0v) is 16.9. The van der Waals surface area contributed by atoms with E-state index in [-0.39, 0.29) is 6.10 Å². The predicted molar refractivity (Wildman–Crippen MR) is 123 cm³/mol. The van der Waals surface area contributed by atoms with Crippen molar-refractivity contribution in [3.63, 3.8) is 0 Å². The van der Waals surface area contributed by atoms with Gasteiger partial charge in [0.2, 0.25) is 0 Å². The summed E-state index contributed by atoms with van der Waals surface area (Å²) in [5, 5.41) is 0. The molecular weight excluding hydrogens is 366 g/mol. The fraction of sp³-hybridized carbons (Fsp3) is 0.143. The summed E-state index contributed by atoms with van der Waals surface area (Å²) in [6.45, 7) is 1.49. The van der Waals surface area contributed by atoms with Gasteiger partial charge in [0, 0.05) is 12.2 Å². The minimum absolute atomic E-state index is 0.141. The second-order valence-corrected chi connectivity index (χ2v) is 7.65. The lowest BCUT2D eigenvalue weighted by atomic mass is 9.73. The van der Waals surface area contributed by atoms with Crippen molar-refractivity contribution in [1.29, 1.82) is 0 Å². The van der Waals surface area contributed by atoms with E-state index >= 15 is 0 Å². The number of benzene rings is 4. The lowest BCUT2D eigenvalue weighted by molar-refractivity contribution is -0.0212. The van der Waals surface area contributed by atoms with E-state index in [1.54, 1.807) is 0 Å². The van der Waals surface area contributed by atoms with Crippen LogP contribution in [0.15, 0.2) is 121 Å². The van der Waals surface area contributed by atoms with Crippen molar-refractivity contribution in [2.75, 3.05) is 18.1 Å². The Kier molecular flexibility index (Phi) is 5.08. The number of rotatable bonds is 4. The zero-order valence-electron chi connectivity index (χ0n) is 16.9. The second-order valence-electron chi connectivity index (χ2n) is 7.65. The summed E-state index contributed by atoms with van der Waals surface area (Å²) in [5.41, 5.74) is 4.37. The summed E-state index contributed by atoms with van der Waals surface area (Å²) in [6.07, 6.45) is -0.141. The van der Waals surface area contributed by atoms with E-state index in [1.165, 1.54) is 22.4 Å². The summed E-state index contributed by atoms with van der Waals surface area (Å²) in [5.74, 6) is 0. The van der Waals surface area contributed by atoms with Gasteiger partial charge in [-0.25, -0.2) is 0 Å². The van der Waals surface area contributed by atoms with Gasteiger partial charge in [-0.2, -0.15) is 0 Å². The largest absolute Gasteiger partial charge is 0.368 e. The van der Waals surface area contributed by atoms with Crippen molar-refractivity contribution in [2.24, 2.45) is 0 Å². The van der Waals surface area contributed by atoms with Crippen molar-refractivity contribution >= 4 is 5.69 Å². The van der Waals surface area contributed by atoms with Crippen LogP contribution in [0.3, 0.4) is 0 Å². The molecule has 0 aliphatic carbocycles. The molecule has 4 aromatic rings. The molecule has 5 rings (SSSR count). The Bertz CT molecular complexity index is 976. The van der Waals surface area contributed by atoms with E-state index in [4.69, 9.17) is 4.74 Å². The van der Waals surface area contributed by atoms with E-state index in [1.807, 2.05) is 0 Å². The third kappa shape index (κ3) is 3.10. The quantitative estimate of drug-likeness (QED) is 0.410. The number of nitrogens with zero attached hydrogens (tertiary/aromatic N) is 1. The Morgan fingerprint density at radius 1 is 0.600 bits per heavy atom. The first-order valence-corrected chi connectivity index (χ1v) is 10.5. The second kappa shape index (κ2) is 8.17. The fourth-order valence-electron chi connectivity index (χ4n) is 4.77. The van der Waals surface area contributed by atoms with Gasteiger partial charge in [-0.05, 0) is 28.8 Å². The van der Waals surface area contributed by atoms with Crippen LogP contribution in [0.2, 0.25) is 0 Å². The van der Waals surface area contributed by atoms with Crippen molar-refractivity contribution in [1.82, 2.24) is 0 Å². The van der Waals surface area contributed by atoms with Gasteiger partial charge in [0.05, 0.1) is 6.61 Å². The van der Waals surface area contributed by atoms with E-state index < -0.39 is 5.54 Å². The average Bonchev–Trinajstić information content (AvgIpc) is 2.85. The molecule has 30 heavy (non-hydrogen) atoms. The first-order valence-electron chi connectivity index (χ1n) is 10.5. The van der Waals surface area contributed by atoms with E-state index in [9.17, 15) is 0 Å². The monoisotopic (exact) mass is 391 g/mol. The first-order chi connectivity index (χ1) is 14.9. The molecule has 148 valence electrons. The molecule has 1 atom stereocenters. The Morgan fingerprint density at radius 3 is 1.60 bits per heavy atom. The minimum Gasteiger partial charge on any atom is -0.368 e. The number of para-hydroxylation sites is 1. The van der Waals surface area contributed by atoms with Gasteiger partial charge in [0.15, 0.2) is 0 Å². The van der Waals surface area contributed by atoms with Crippen molar-refractivity contribution in [3.8, 4) is 0 Å². The molecule has 0 radical (unpaired) electrons. The third-order valence-electron chi connectivity index (χ3n) is 6.00. The molecule has 1 unspecified atom stereocenters. The van der Waals surface area contributed by atoms with Gasteiger partial charge in [-0.15, -0.1) is 0 Å². The predicted octanol–water partition coefficient (Wildman–Crippen LogP) is 6.21. The third-order valence-corrected chi connectivity index (χ3v) is 6.00. The van der Waals surface area contributed by atoms with Gasteiger partial charge < -0.3 is 9.64 Å². The number of hydrogen-bond donors (Lipinski definition) is 0. The molecule has 0 amide bonds. The standard InChI is InChI=1S/C28H25NO/c1-5-13-23(14-6-1)27-28(24-15-7-2-8-16-24,25-17-9-3-10-18-25)29(21-22-30-27)26-19-11-4-12-20-26/h1-20,27H,21-22H2. The molecule has 2 heteroatoms. The summed E-state index contributed by atoms with van der Waals surface area (Å²) in [6, 6.07) is 42.9. The molecule has 1 fully saturated rings. The molecular formula is C28H25NO. The molecule has 0 saturated carbocycles. The maximum Gasteiger partial charge on any atom is 0.121 e. The van der Waals surface area contributed by atoms with Crippen LogP contribution in [0, 0.1) is 0 Å². The van der Waals surface area contributed by atoms with Crippen LogP contribution in [0.25, 0.3) is 0 Å². The topological polar surface area (TPSA) is 12.5 Å². The SMILES string of the molecule is c1ccc(C2OCCN(c3ccccc3)C2(c2ccccc2)c2ccccc2)cc1. The molecule has 1 aliphatic heterocycles. The molecule has 1 heterocycles. The van der Waals surface area contributed by atoms with Crippen molar-refractivity contribution < 1.29 is 4.74 Å². The molecule has 0 N–H and O–H groups in total. The van der Waals surface area contributed by atoms with E-state index in [0.717, 1.165) is 6.54 Å². The molecule has 0 spiro atoms. The summed E-state index contributed by atoms with van der Waals surface area (Å²) in [4.78, 5) is 2.53. The lowest BCUT2D eigenvalue weighted by Gasteiger charge is -2.53. The first kappa shape index (κ1) is 18.7. The van der Waals surface area contributed by atoms with Crippen LogP contribution in [0.5, 0.6) is 0 Å². The Hall–Kier alpha value is -3.36. The molecule has 1 aliphatic rings. The van der Waals surface area contributed by atoms with Crippen molar-refractivity contribution in [2.45, 2.75) is 11.6 Å². The fourth-order valence-corrected chi connectivity index (χ4v) is 4.77. The van der Waals surface area contributed by atoms with Gasteiger partial charge >= 0.3 is 0 Å². The number of morpholine rings is 1. The van der Waals surface area contributed by atoms with Gasteiger partial charge in [0.1, 0.15) is 11.6 Å². The average molecular weight is 392 g/mol. The highest BCUT2D eigenvalue weighted by Crippen LogP contribution is 2.51. The van der Waals surface area contributed by atoms with Crippen LogP contribution in [-0.4, -0.2) is 13.2 Å². The summed E-state index contributed by atoms with van der Waals surface area (Å²) < 4.78 is 6.60. The van der Waals surface area contributed by atoms with Crippen LogP contribution >= 0.6 is 0 Å². The maximum absolute atomic E-state index is 6.60. The van der Waals surface area contributed by atoms with E-state index in [0.29, 0.717) is 6.61 Å². The van der Waals surface area contributed by atoms with Crippen LogP contribution in [-0.2, 0) is 10.3 Å². The lowest BCUT2D eigenvalue weighted by Crippen LogP contribution is -2.57. The van der Waals surface area contributed by atoms with Crippen LogP contribution in [0.4, 0.5) is 5.69 Å². The summed E-state index contributed by atoms with van der Waals surface area (Å²) in [7, 11) is 0. The normalized spacial score (nSPS) is 18.1. The number of ether oxygens (including phenoxy) is 1. The number of anilines is 1.